The quantitative estimate of drug-likeness (QED) is 0.525. The number of thioether (sulfide) groups is 1. The van der Waals surface area contributed by atoms with Crippen molar-refractivity contribution in [1.29, 1.82) is 0 Å². The summed E-state index contributed by atoms with van der Waals surface area (Å²) in [5.74, 6) is 0.572. The molecule has 3 rings (SSSR count). The number of carbonyl (C=O) groups excluding carboxylic acids is 1. The Morgan fingerprint density at radius 3 is 2.75 bits per heavy atom. The number of nitrogens with one attached hydrogen (secondary N) is 1. The molecule has 28 heavy (non-hydrogen) atoms. The van der Waals surface area contributed by atoms with Crippen LogP contribution >= 0.6 is 23.4 Å². The summed E-state index contributed by atoms with van der Waals surface area (Å²) in [7, 11) is -3.04. The third-order valence-corrected chi connectivity index (χ3v) is 7.46. The second kappa shape index (κ2) is 8.67. The zero-order chi connectivity index (χ0) is 20.3. The van der Waals surface area contributed by atoms with Crippen molar-refractivity contribution in [3.05, 3.63) is 41.9 Å². The molecule has 1 aliphatic rings. The van der Waals surface area contributed by atoms with Gasteiger partial charge in [0.2, 0.25) is 5.91 Å². The normalized spacial score (nSPS) is 19.3. The lowest BCUT2D eigenvalue weighted by Gasteiger charge is -2.16. The standard InChI is InChI=1S/C18H21ClN4O3S2/c1-3-9-23-16(13-4-6-14(19)7-5-13)21-22-18(23)27-12(2)17(24)20-15-8-10-28(25,26)11-15/h3-7,12,15H,1,8-11H2,2H3,(H,20,24). The van der Waals surface area contributed by atoms with Crippen molar-refractivity contribution >= 4 is 39.1 Å². The monoisotopic (exact) mass is 440 g/mol. The molecule has 1 aromatic heterocycles. The second-order valence-electron chi connectivity index (χ2n) is 6.58. The Bertz CT molecular complexity index is 973. The van der Waals surface area contributed by atoms with Crippen LogP contribution in [0.15, 0.2) is 42.1 Å². The summed E-state index contributed by atoms with van der Waals surface area (Å²) in [4.78, 5) is 12.5. The summed E-state index contributed by atoms with van der Waals surface area (Å²) in [6, 6.07) is 6.95. The van der Waals surface area contributed by atoms with E-state index in [1.54, 1.807) is 25.1 Å². The first-order chi connectivity index (χ1) is 13.3. The van der Waals surface area contributed by atoms with Gasteiger partial charge in [-0.25, -0.2) is 8.42 Å². The Balaban J connectivity index is 1.73. The SMILES string of the molecule is C=CCn1c(SC(C)C(=O)NC2CCS(=O)(=O)C2)nnc1-c1ccc(Cl)cc1. The van der Waals surface area contributed by atoms with Gasteiger partial charge in [-0.1, -0.05) is 29.4 Å². The van der Waals surface area contributed by atoms with Crippen molar-refractivity contribution in [1.82, 2.24) is 20.1 Å². The average Bonchev–Trinajstić information content (AvgIpc) is 3.19. The molecule has 150 valence electrons. The lowest BCUT2D eigenvalue weighted by molar-refractivity contribution is -0.120. The van der Waals surface area contributed by atoms with Crippen LogP contribution in [0.5, 0.6) is 0 Å². The zero-order valence-electron chi connectivity index (χ0n) is 15.3. The maximum Gasteiger partial charge on any atom is 0.233 e. The van der Waals surface area contributed by atoms with E-state index in [0.717, 1.165) is 5.56 Å². The highest BCUT2D eigenvalue weighted by atomic mass is 35.5. The molecule has 2 heterocycles. The predicted octanol–water partition coefficient (Wildman–Crippen LogP) is 2.57. The van der Waals surface area contributed by atoms with Gasteiger partial charge in [0, 0.05) is 23.2 Å². The molecule has 0 aliphatic carbocycles. The van der Waals surface area contributed by atoms with Crippen LogP contribution in [0.2, 0.25) is 5.02 Å². The lowest BCUT2D eigenvalue weighted by Crippen LogP contribution is -2.40. The van der Waals surface area contributed by atoms with E-state index < -0.39 is 15.1 Å². The van der Waals surface area contributed by atoms with E-state index in [0.29, 0.717) is 29.0 Å². The largest absolute Gasteiger partial charge is 0.351 e. The number of nitrogens with zero attached hydrogens (tertiary/aromatic N) is 3. The third-order valence-electron chi connectivity index (χ3n) is 4.36. The summed E-state index contributed by atoms with van der Waals surface area (Å²) in [6.07, 6.45) is 2.19. The zero-order valence-corrected chi connectivity index (χ0v) is 17.7. The first-order valence-electron chi connectivity index (χ1n) is 8.76. The highest BCUT2D eigenvalue weighted by molar-refractivity contribution is 8.00. The van der Waals surface area contributed by atoms with Crippen LogP contribution in [0.3, 0.4) is 0 Å². The summed E-state index contributed by atoms with van der Waals surface area (Å²) < 4.78 is 25.0. The molecule has 7 nitrogen and oxygen atoms in total. The van der Waals surface area contributed by atoms with Gasteiger partial charge in [-0.05, 0) is 37.6 Å². The van der Waals surface area contributed by atoms with Crippen LogP contribution in [0.25, 0.3) is 11.4 Å². The lowest BCUT2D eigenvalue weighted by atomic mass is 10.2. The van der Waals surface area contributed by atoms with Crippen LogP contribution < -0.4 is 5.32 Å². The fourth-order valence-corrected chi connectivity index (χ4v) is 5.59. The Morgan fingerprint density at radius 1 is 1.43 bits per heavy atom. The number of benzene rings is 1. The second-order valence-corrected chi connectivity index (χ2v) is 10.6. The topological polar surface area (TPSA) is 94.0 Å². The molecule has 0 spiro atoms. The van der Waals surface area contributed by atoms with Gasteiger partial charge in [-0.3, -0.25) is 9.36 Å². The maximum absolute atomic E-state index is 12.5. The number of carbonyl (C=O) groups is 1. The summed E-state index contributed by atoms with van der Waals surface area (Å²) in [5.41, 5.74) is 0.860. The van der Waals surface area contributed by atoms with E-state index >= 15 is 0 Å². The van der Waals surface area contributed by atoms with Crippen molar-refractivity contribution in [2.75, 3.05) is 11.5 Å². The van der Waals surface area contributed by atoms with Gasteiger partial charge >= 0.3 is 0 Å². The Labute approximate surface area is 173 Å². The van der Waals surface area contributed by atoms with Crippen LogP contribution in [-0.2, 0) is 21.2 Å². The fourth-order valence-electron chi connectivity index (χ4n) is 2.92. The number of amides is 1. The fraction of sp³-hybridized carbons (Fsp3) is 0.389. The van der Waals surface area contributed by atoms with Crippen LogP contribution in [0, 0.1) is 0 Å². The predicted molar refractivity (Wildman–Crippen MR) is 111 cm³/mol. The van der Waals surface area contributed by atoms with Crippen molar-refractivity contribution in [3.63, 3.8) is 0 Å². The number of rotatable bonds is 7. The molecule has 1 N–H and O–H groups in total. The minimum atomic E-state index is -3.04. The van der Waals surface area contributed by atoms with Gasteiger partial charge in [-0.2, -0.15) is 0 Å². The van der Waals surface area contributed by atoms with E-state index in [1.165, 1.54) is 11.8 Å². The van der Waals surface area contributed by atoms with Crippen molar-refractivity contribution in [3.8, 4) is 11.4 Å². The van der Waals surface area contributed by atoms with E-state index in [2.05, 4.69) is 22.1 Å². The molecule has 0 bridgehead atoms. The smallest absolute Gasteiger partial charge is 0.233 e. The van der Waals surface area contributed by atoms with E-state index in [-0.39, 0.29) is 23.5 Å². The molecule has 1 aliphatic heterocycles. The van der Waals surface area contributed by atoms with Crippen molar-refractivity contribution in [2.45, 2.75) is 36.3 Å². The van der Waals surface area contributed by atoms with Crippen LogP contribution in [-0.4, -0.2) is 51.9 Å². The highest BCUT2D eigenvalue weighted by Crippen LogP contribution is 2.28. The van der Waals surface area contributed by atoms with E-state index in [4.69, 9.17) is 11.6 Å². The highest BCUT2D eigenvalue weighted by Gasteiger charge is 2.30. The Kier molecular flexibility index (Phi) is 6.47. The molecule has 0 radical (unpaired) electrons. The molecule has 10 heteroatoms. The molecular weight excluding hydrogens is 420 g/mol. The molecule has 1 saturated heterocycles. The Hall–Kier alpha value is -1.84. The number of hydrogen-bond acceptors (Lipinski definition) is 6. The molecule has 1 aromatic carbocycles. The molecule has 2 aromatic rings. The third kappa shape index (κ3) is 4.95. The average molecular weight is 441 g/mol. The molecule has 0 saturated carbocycles. The van der Waals surface area contributed by atoms with Crippen molar-refractivity contribution < 1.29 is 13.2 Å². The number of hydrogen-bond donors (Lipinski definition) is 1. The Morgan fingerprint density at radius 2 is 2.14 bits per heavy atom. The first kappa shape index (κ1) is 20.9. The summed E-state index contributed by atoms with van der Waals surface area (Å²) in [5, 5.41) is 12.1. The number of aromatic nitrogens is 3. The van der Waals surface area contributed by atoms with Gasteiger partial charge in [0.1, 0.15) is 0 Å². The molecule has 2 atom stereocenters. The van der Waals surface area contributed by atoms with Gasteiger partial charge in [0.05, 0.1) is 16.8 Å². The minimum Gasteiger partial charge on any atom is -0.351 e. The summed E-state index contributed by atoms with van der Waals surface area (Å²) >= 11 is 7.23. The van der Waals surface area contributed by atoms with E-state index in [9.17, 15) is 13.2 Å². The van der Waals surface area contributed by atoms with Gasteiger partial charge in [0.25, 0.3) is 0 Å². The first-order valence-corrected chi connectivity index (χ1v) is 11.8. The molecular formula is C18H21ClN4O3S2. The molecule has 2 unspecified atom stereocenters. The maximum atomic E-state index is 12.5. The van der Waals surface area contributed by atoms with Crippen LogP contribution in [0.1, 0.15) is 13.3 Å². The minimum absolute atomic E-state index is 0.00346. The van der Waals surface area contributed by atoms with Gasteiger partial charge < -0.3 is 5.32 Å². The summed E-state index contributed by atoms with van der Waals surface area (Å²) in [6.45, 7) is 6.03. The van der Waals surface area contributed by atoms with E-state index in [1.807, 2.05) is 16.7 Å². The molecule has 1 fully saturated rings. The van der Waals surface area contributed by atoms with Crippen molar-refractivity contribution in [2.24, 2.45) is 0 Å². The number of allylic oxidation sites excluding steroid dienone is 1. The van der Waals surface area contributed by atoms with Crippen LogP contribution in [0.4, 0.5) is 0 Å². The van der Waals surface area contributed by atoms with Gasteiger partial charge in [-0.15, -0.1) is 16.8 Å². The number of halogens is 1. The van der Waals surface area contributed by atoms with Gasteiger partial charge in [0.15, 0.2) is 20.8 Å². The molecule has 1 amide bonds. The number of sulfone groups is 1.